The summed E-state index contributed by atoms with van der Waals surface area (Å²) in [5, 5.41) is 1.70. The smallest absolute Gasteiger partial charge is 0.129 e. The van der Waals surface area contributed by atoms with Gasteiger partial charge < -0.3 is 4.74 Å². The van der Waals surface area contributed by atoms with Crippen molar-refractivity contribution in [3.05, 3.63) is 33.3 Å². The largest absolute Gasteiger partial charge is 0.496 e. The average Bonchev–Trinajstić information content (AvgIpc) is 2.62. The molecule has 1 aromatic carbocycles. The van der Waals surface area contributed by atoms with Gasteiger partial charge in [0.25, 0.3) is 0 Å². The molecule has 0 saturated heterocycles. The van der Waals surface area contributed by atoms with Crippen molar-refractivity contribution in [1.82, 2.24) is 4.98 Å². The van der Waals surface area contributed by atoms with Gasteiger partial charge in [-0.3, -0.25) is 0 Å². The molecule has 0 saturated carbocycles. The predicted molar refractivity (Wildman–Crippen MR) is 73.3 cm³/mol. The molecule has 2 aromatic rings. The third-order valence-corrected chi connectivity index (χ3v) is 4.25. The second-order valence-corrected chi connectivity index (χ2v) is 5.57. The number of nitrogens with zero attached hydrogens (tertiary/aromatic N) is 1. The van der Waals surface area contributed by atoms with Crippen LogP contribution in [-0.4, -0.2) is 12.1 Å². The average molecular weight is 268 g/mol. The van der Waals surface area contributed by atoms with Crippen LogP contribution in [0.2, 0.25) is 5.02 Å². The zero-order chi connectivity index (χ0) is 12.6. The topological polar surface area (TPSA) is 22.1 Å². The van der Waals surface area contributed by atoms with Gasteiger partial charge in [0.05, 0.1) is 18.4 Å². The number of aryl methyl sites for hydroxylation is 3. The third-order valence-electron chi connectivity index (χ3n) is 2.74. The first-order valence-corrected chi connectivity index (χ1v) is 6.51. The van der Waals surface area contributed by atoms with Gasteiger partial charge in [0.15, 0.2) is 0 Å². The molecule has 1 heterocycles. The first-order chi connectivity index (χ1) is 8.02. The highest BCUT2D eigenvalue weighted by atomic mass is 35.5. The van der Waals surface area contributed by atoms with Gasteiger partial charge in [-0.15, -0.1) is 11.3 Å². The molecule has 0 aliphatic rings. The summed E-state index contributed by atoms with van der Waals surface area (Å²) >= 11 is 7.82. The molecular weight excluding hydrogens is 254 g/mol. The number of ether oxygens (including phenoxy) is 1. The van der Waals surface area contributed by atoms with E-state index in [1.807, 2.05) is 26.0 Å². The third kappa shape index (κ3) is 2.31. The van der Waals surface area contributed by atoms with E-state index in [0.717, 1.165) is 32.6 Å². The maximum Gasteiger partial charge on any atom is 0.129 e. The molecule has 0 fully saturated rings. The molecule has 4 heteroatoms. The van der Waals surface area contributed by atoms with Crippen LogP contribution in [0.4, 0.5) is 0 Å². The van der Waals surface area contributed by atoms with Gasteiger partial charge in [0.2, 0.25) is 0 Å². The lowest BCUT2D eigenvalue weighted by Gasteiger charge is -2.08. The van der Waals surface area contributed by atoms with Crippen LogP contribution in [0.25, 0.3) is 10.6 Å². The molecular formula is C13H14ClNOS. The van der Waals surface area contributed by atoms with Gasteiger partial charge in [0, 0.05) is 9.90 Å². The number of aromatic nitrogens is 1. The number of benzene rings is 1. The first-order valence-electron chi connectivity index (χ1n) is 5.31. The van der Waals surface area contributed by atoms with E-state index in [4.69, 9.17) is 16.3 Å². The minimum absolute atomic E-state index is 0.742. The molecule has 0 spiro atoms. The van der Waals surface area contributed by atoms with Crippen molar-refractivity contribution in [1.29, 1.82) is 0 Å². The van der Waals surface area contributed by atoms with E-state index in [9.17, 15) is 0 Å². The van der Waals surface area contributed by atoms with Gasteiger partial charge in [-0.1, -0.05) is 11.6 Å². The van der Waals surface area contributed by atoms with Crippen molar-refractivity contribution in [2.45, 2.75) is 20.8 Å². The van der Waals surface area contributed by atoms with Crippen LogP contribution in [-0.2, 0) is 0 Å². The molecule has 0 aliphatic heterocycles. The molecule has 1 aromatic heterocycles. The lowest BCUT2D eigenvalue weighted by Crippen LogP contribution is -1.89. The van der Waals surface area contributed by atoms with Crippen LogP contribution in [0.3, 0.4) is 0 Å². The van der Waals surface area contributed by atoms with E-state index in [1.165, 1.54) is 4.88 Å². The molecule has 0 amide bonds. The minimum Gasteiger partial charge on any atom is -0.496 e. The lowest BCUT2D eigenvalue weighted by molar-refractivity contribution is 0.416. The highest BCUT2D eigenvalue weighted by molar-refractivity contribution is 7.15. The van der Waals surface area contributed by atoms with Gasteiger partial charge >= 0.3 is 0 Å². The summed E-state index contributed by atoms with van der Waals surface area (Å²) in [6.07, 6.45) is 0. The highest BCUT2D eigenvalue weighted by Crippen LogP contribution is 2.37. The number of methoxy groups -OCH3 is 1. The van der Waals surface area contributed by atoms with Crippen LogP contribution < -0.4 is 4.74 Å². The molecule has 0 N–H and O–H groups in total. The van der Waals surface area contributed by atoms with Crippen LogP contribution in [0.1, 0.15) is 16.1 Å². The van der Waals surface area contributed by atoms with E-state index in [2.05, 4.69) is 11.9 Å². The van der Waals surface area contributed by atoms with Crippen LogP contribution >= 0.6 is 22.9 Å². The van der Waals surface area contributed by atoms with Crippen LogP contribution in [0.15, 0.2) is 12.1 Å². The Morgan fingerprint density at radius 2 is 1.94 bits per heavy atom. The second kappa shape index (κ2) is 4.67. The Hall–Kier alpha value is -1.06. The summed E-state index contributed by atoms with van der Waals surface area (Å²) in [6.45, 7) is 6.05. The van der Waals surface area contributed by atoms with E-state index < -0.39 is 0 Å². The SMILES string of the molecule is COc1cc(C)c(Cl)cc1-c1nc(C)c(C)s1. The summed E-state index contributed by atoms with van der Waals surface area (Å²) in [5.74, 6) is 0.820. The highest BCUT2D eigenvalue weighted by Gasteiger charge is 2.13. The molecule has 0 bridgehead atoms. The summed E-state index contributed by atoms with van der Waals surface area (Å²) in [5.41, 5.74) is 3.03. The summed E-state index contributed by atoms with van der Waals surface area (Å²) in [4.78, 5) is 5.76. The number of thiazole rings is 1. The molecule has 0 radical (unpaired) electrons. The Labute approximate surface area is 110 Å². The Morgan fingerprint density at radius 3 is 2.47 bits per heavy atom. The zero-order valence-corrected chi connectivity index (χ0v) is 11.9. The monoisotopic (exact) mass is 267 g/mol. The maximum absolute atomic E-state index is 6.16. The molecule has 90 valence electrons. The van der Waals surface area contributed by atoms with E-state index in [-0.39, 0.29) is 0 Å². The standard InChI is InChI=1S/C13H14ClNOS/c1-7-5-12(16-4)10(6-11(7)14)13-15-8(2)9(3)17-13/h5-6H,1-4H3. The van der Waals surface area contributed by atoms with Gasteiger partial charge in [-0.05, 0) is 38.5 Å². The van der Waals surface area contributed by atoms with Crippen LogP contribution in [0.5, 0.6) is 5.75 Å². The maximum atomic E-state index is 6.16. The molecule has 2 rings (SSSR count). The Kier molecular flexibility index (Phi) is 3.40. The van der Waals surface area contributed by atoms with E-state index in [1.54, 1.807) is 18.4 Å². The van der Waals surface area contributed by atoms with E-state index >= 15 is 0 Å². The molecule has 0 aliphatic carbocycles. The lowest BCUT2D eigenvalue weighted by atomic mass is 10.1. The van der Waals surface area contributed by atoms with Crippen molar-refractivity contribution in [2.24, 2.45) is 0 Å². The molecule has 0 unspecified atom stereocenters. The fourth-order valence-electron chi connectivity index (χ4n) is 1.58. The van der Waals surface area contributed by atoms with Crippen molar-refractivity contribution < 1.29 is 4.74 Å². The zero-order valence-electron chi connectivity index (χ0n) is 10.3. The second-order valence-electron chi connectivity index (χ2n) is 3.96. The normalized spacial score (nSPS) is 10.6. The quantitative estimate of drug-likeness (QED) is 0.805. The first kappa shape index (κ1) is 12.4. The fraction of sp³-hybridized carbons (Fsp3) is 0.308. The van der Waals surface area contributed by atoms with Crippen LogP contribution in [0, 0.1) is 20.8 Å². The Morgan fingerprint density at radius 1 is 1.24 bits per heavy atom. The van der Waals surface area contributed by atoms with Crippen molar-refractivity contribution >= 4 is 22.9 Å². The van der Waals surface area contributed by atoms with Crippen molar-refractivity contribution in [2.75, 3.05) is 7.11 Å². The molecule has 2 nitrogen and oxygen atoms in total. The summed E-state index contributed by atoms with van der Waals surface area (Å²) < 4.78 is 5.39. The molecule has 17 heavy (non-hydrogen) atoms. The van der Waals surface area contributed by atoms with Gasteiger partial charge in [-0.2, -0.15) is 0 Å². The summed E-state index contributed by atoms with van der Waals surface area (Å²) in [7, 11) is 1.67. The predicted octanol–water partition coefficient (Wildman–Crippen LogP) is 4.40. The van der Waals surface area contributed by atoms with Crippen molar-refractivity contribution in [3.8, 4) is 16.3 Å². The minimum atomic E-state index is 0.742. The van der Waals surface area contributed by atoms with Gasteiger partial charge in [-0.25, -0.2) is 4.98 Å². The number of hydrogen-bond acceptors (Lipinski definition) is 3. The number of halogens is 1. The fourth-order valence-corrected chi connectivity index (χ4v) is 2.68. The number of hydrogen-bond donors (Lipinski definition) is 0. The Bertz CT molecular complexity index is 543. The number of rotatable bonds is 2. The Balaban J connectivity index is 2.61. The summed E-state index contributed by atoms with van der Waals surface area (Å²) in [6, 6.07) is 3.87. The van der Waals surface area contributed by atoms with Crippen molar-refractivity contribution in [3.63, 3.8) is 0 Å². The molecule has 0 atom stereocenters. The van der Waals surface area contributed by atoms with E-state index in [0.29, 0.717) is 0 Å². The van der Waals surface area contributed by atoms with Gasteiger partial charge in [0.1, 0.15) is 10.8 Å².